The third-order valence-corrected chi connectivity index (χ3v) is 5.04. The number of hydrogen-bond acceptors (Lipinski definition) is 6. The summed E-state index contributed by atoms with van der Waals surface area (Å²) in [7, 11) is 1.81. The lowest BCUT2D eigenvalue weighted by Crippen LogP contribution is -2.34. The fourth-order valence-corrected chi connectivity index (χ4v) is 3.23. The standard InChI is InChI=1S/C18H23F3N2O3S/c1-12(9-13-3-5-14(6-4-13)26-8-7-24)23(2)10-16(25)15-11-27-17(22-15)18(19,20)21/h3-6,11-12,16,24-25H,7-10H2,1-2H3. The van der Waals surface area contributed by atoms with E-state index in [1.54, 1.807) is 0 Å². The largest absolute Gasteiger partial charge is 0.491 e. The molecule has 0 radical (unpaired) electrons. The lowest BCUT2D eigenvalue weighted by atomic mass is 10.1. The lowest BCUT2D eigenvalue weighted by Gasteiger charge is -2.26. The van der Waals surface area contributed by atoms with Gasteiger partial charge < -0.3 is 19.8 Å². The number of alkyl halides is 3. The predicted octanol–water partition coefficient (Wildman–Crippen LogP) is 3.13. The number of aliphatic hydroxyl groups is 2. The Labute approximate surface area is 160 Å². The van der Waals surface area contributed by atoms with Gasteiger partial charge in [-0.1, -0.05) is 12.1 Å². The molecule has 0 aliphatic carbocycles. The van der Waals surface area contributed by atoms with Gasteiger partial charge in [0.1, 0.15) is 18.5 Å². The maximum absolute atomic E-state index is 12.6. The van der Waals surface area contributed by atoms with E-state index in [9.17, 15) is 18.3 Å². The molecular formula is C18H23F3N2O3S. The summed E-state index contributed by atoms with van der Waals surface area (Å²) >= 11 is 0.488. The number of aliphatic hydroxyl groups excluding tert-OH is 2. The molecule has 0 aliphatic heterocycles. The lowest BCUT2D eigenvalue weighted by molar-refractivity contribution is -0.137. The van der Waals surface area contributed by atoms with Crippen LogP contribution in [0.1, 0.15) is 29.3 Å². The molecule has 0 fully saturated rings. The van der Waals surface area contributed by atoms with Crippen LogP contribution < -0.4 is 4.74 Å². The van der Waals surface area contributed by atoms with Crippen LogP contribution in [0.2, 0.25) is 0 Å². The van der Waals surface area contributed by atoms with Crippen LogP contribution >= 0.6 is 11.3 Å². The molecule has 9 heteroatoms. The summed E-state index contributed by atoms with van der Waals surface area (Å²) in [5.41, 5.74) is 1.10. The van der Waals surface area contributed by atoms with E-state index in [0.717, 1.165) is 5.56 Å². The molecule has 1 aromatic carbocycles. The second-order valence-corrected chi connectivity index (χ2v) is 7.16. The molecule has 0 saturated heterocycles. The van der Waals surface area contributed by atoms with Gasteiger partial charge in [-0.2, -0.15) is 13.2 Å². The van der Waals surface area contributed by atoms with Gasteiger partial charge in [0.15, 0.2) is 5.01 Å². The summed E-state index contributed by atoms with van der Waals surface area (Å²) in [6.45, 7) is 2.35. The predicted molar refractivity (Wildman–Crippen MR) is 96.9 cm³/mol. The number of likely N-dealkylation sites (N-methyl/N-ethyl adjacent to an activating group) is 1. The third kappa shape index (κ3) is 6.46. The van der Waals surface area contributed by atoms with Crippen molar-refractivity contribution in [1.29, 1.82) is 0 Å². The first-order chi connectivity index (χ1) is 12.7. The summed E-state index contributed by atoms with van der Waals surface area (Å²) < 4.78 is 43.2. The zero-order chi connectivity index (χ0) is 20.0. The van der Waals surface area contributed by atoms with Gasteiger partial charge >= 0.3 is 6.18 Å². The van der Waals surface area contributed by atoms with Crippen molar-refractivity contribution < 1.29 is 28.1 Å². The molecule has 1 heterocycles. The van der Waals surface area contributed by atoms with Gasteiger partial charge in [0.05, 0.1) is 12.3 Å². The zero-order valence-corrected chi connectivity index (χ0v) is 15.9. The molecule has 2 rings (SSSR count). The number of benzene rings is 1. The van der Waals surface area contributed by atoms with Crippen LogP contribution in [0.15, 0.2) is 29.6 Å². The first kappa shape index (κ1) is 21.6. The number of halogens is 3. The minimum Gasteiger partial charge on any atom is -0.491 e. The van der Waals surface area contributed by atoms with Gasteiger partial charge in [-0.25, -0.2) is 4.98 Å². The summed E-state index contributed by atoms with van der Waals surface area (Å²) in [6, 6.07) is 7.54. The van der Waals surface area contributed by atoms with Crippen LogP contribution in [0.4, 0.5) is 13.2 Å². The third-order valence-electron chi connectivity index (χ3n) is 4.13. The van der Waals surface area contributed by atoms with E-state index in [2.05, 4.69) is 4.98 Å². The topological polar surface area (TPSA) is 65.8 Å². The van der Waals surface area contributed by atoms with Gasteiger partial charge in [0.2, 0.25) is 0 Å². The Balaban J connectivity index is 1.89. The van der Waals surface area contributed by atoms with Gasteiger partial charge in [0.25, 0.3) is 0 Å². The van der Waals surface area contributed by atoms with Crippen molar-refractivity contribution in [3.63, 3.8) is 0 Å². The number of nitrogens with zero attached hydrogens (tertiary/aromatic N) is 2. The van der Waals surface area contributed by atoms with Gasteiger partial charge in [0, 0.05) is 18.0 Å². The van der Waals surface area contributed by atoms with E-state index < -0.39 is 17.3 Å². The molecular weight excluding hydrogens is 381 g/mol. The summed E-state index contributed by atoms with van der Waals surface area (Å²) in [4.78, 5) is 5.38. The Morgan fingerprint density at radius 3 is 2.48 bits per heavy atom. The summed E-state index contributed by atoms with van der Waals surface area (Å²) in [5.74, 6) is 0.674. The van der Waals surface area contributed by atoms with E-state index in [4.69, 9.17) is 9.84 Å². The second-order valence-electron chi connectivity index (χ2n) is 6.30. The molecule has 2 atom stereocenters. The van der Waals surface area contributed by atoms with Crippen LogP contribution in [0.25, 0.3) is 0 Å². The van der Waals surface area contributed by atoms with Crippen molar-refractivity contribution in [1.82, 2.24) is 9.88 Å². The highest BCUT2D eigenvalue weighted by Gasteiger charge is 2.35. The zero-order valence-electron chi connectivity index (χ0n) is 15.1. The van der Waals surface area contributed by atoms with E-state index >= 15 is 0 Å². The molecule has 0 spiro atoms. The SMILES string of the molecule is CC(Cc1ccc(OCCO)cc1)N(C)CC(O)c1csc(C(F)(F)F)n1. The number of rotatable bonds is 9. The van der Waals surface area contributed by atoms with Gasteiger partial charge in [-0.05, 0) is 38.1 Å². The van der Waals surface area contributed by atoms with E-state index in [-0.39, 0.29) is 31.5 Å². The minimum absolute atomic E-state index is 0.0387. The van der Waals surface area contributed by atoms with E-state index in [0.29, 0.717) is 23.5 Å². The normalized spacial score (nSPS) is 14.4. The molecule has 0 aliphatic rings. The van der Waals surface area contributed by atoms with Crippen molar-refractivity contribution in [3.8, 4) is 5.75 Å². The minimum atomic E-state index is -4.49. The molecule has 27 heavy (non-hydrogen) atoms. The molecule has 0 amide bonds. The van der Waals surface area contributed by atoms with Crippen molar-refractivity contribution >= 4 is 11.3 Å². The van der Waals surface area contributed by atoms with Crippen molar-refractivity contribution in [2.45, 2.75) is 31.7 Å². The smallest absolute Gasteiger partial charge is 0.443 e. The van der Waals surface area contributed by atoms with Crippen molar-refractivity contribution in [2.75, 3.05) is 26.8 Å². The van der Waals surface area contributed by atoms with Crippen LogP contribution in [-0.4, -0.2) is 52.9 Å². The molecule has 2 aromatic rings. The Morgan fingerprint density at radius 2 is 1.93 bits per heavy atom. The number of thiazole rings is 1. The number of hydrogen-bond donors (Lipinski definition) is 2. The fraction of sp³-hybridized carbons (Fsp3) is 0.500. The molecule has 2 N–H and O–H groups in total. The number of ether oxygens (including phenoxy) is 1. The highest BCUT2D eigenvalue weighted by molar-refractivity contribution is 7.09. The Bertz CT molecular complexity index is 707. The Kier molecular flexibility index (Phi) is 7.60. The highest BCUT2D eigenvalue weighted by atomic mass is 32.1. The first-order valence-corrected chi connectivity index (χ1v) is 9.32. The van der Waals surface area contributed by atoms with Crippen LogP contribution in [0, 0.1) is 0 Å². The van der Waals surface area contributed by atoms with Gasteiger partial charge in [-0.3, -0.25) is 0 Å². The molecule has 2 unspecified atom stereocenters. The number of aromatic nitrogens is 1. The quantitative estimate of drug-likeness (QED) is 0.672. The van der Waals surface area contributed by atoms with E-state index in [1.807, 2.05) is 43.1 Å². The maximum atomic E-state index is 12.6. The van der Waals surface area contributed by atoms with E-state index in [1.165, 1.54) is 5.38 Å². The molecule has 150 valence electrons. The summed E-state index contributed by atoms with van der Waals surface area (Å²) in [5, 5.41) is 19.2. The Morgan fingerprint density at radius 1 is 1.26 bits per heavy atom. The summed E-state index contributed by atoms with van der Waals surface area (Å²) in [6.07, 6.45) is -4.87. The van der Waals surface area contributed by atoms with Gasteiger partial charge in [-0.15, -0.1) is 11.3 Å². The monoisotopic (exact) mass is 404 g/mol. The molecule has 5 nitrogen and oxygen atoms in total. The fourth-order valence-electron chi connectivity index (χ4n) is 2.50. The molecule has 1 aromatic heterocycles. The average Bonchev–Trinajstić information content (AvgIpc) is 3.11. The first-order valence-electron chi connectivity index (χ1n) is 8.44. The Hall–Kier alpha value is -1.68. The van der Waals surface area contributed by atoms with Crippen LogP contribution in [-0.2, 0) is 12.6 Å². The van der Waals surface area contributed by atoms with Crippen LogP contribution in [0.5, 0.6) is 5.75 Å². The maximum Gasteiger partial charge on any atom is 0.443 e. The van der Waals surface area contributed by atoms with Crippen molar-refractivity contribution in [2.24, 2.45) is 0 Å². The average molecular weight is 404 g/mol. The van der Waals surface area contributed by atoms with Crippen LogP contribution in [0.3, 0.4) is 0 Å². The van der Waals surface area contributed by atoms with Crippen molar-refractivity contribution in [3.05, 3.63) is 45.9 Å². The second kappa shape index (κ2) is 9.50. The highest BCUT2D eigenvalue weighted by Crippen LogP contribution is 2.33. The molecule has 0 saturated carbocycles. The molecule has 0 bridgehead atoms.